The van der Waals surface area contributed by atoms with E-state index in [1.165, 1.54) is 56.6 Å². The number of fused-ring (bicyclic) bond motifs is 13. The van der Waals surface area contributed by atoms with Crippen LogP contribution in [-0.2, 0) is 15.6 Å². The summed E-state index contributed by atoms with van der Waals surface area (Å²) in [6, 6.07) is 39.2. The average molecular weight is 465 g/mol. The van der Waals surface area contributed by atoms with E-state index in [0.717, 1.165) is 12.8 Å². The molecule has 3 aliphatic rings. The van der Waals surface area contributed by atoms with Gasteiger partial charge in [0.15, 0.2) is 5.78 Å². The summed E-state index contributed by atoms with van der Waals surface area (Å²) in [5, 5.41) is 5.03. The third-order valence-electron chi connectivity index (χ3n) is 9.77. The zero-order valence-electron chi connectivity index (χ0n) is 20.3. The van der Waals surface area contributed by atoms with Crippen molar-refractivity contribution >= 4 is 27.3 Å². The van der Waals surface area contributed by atoms with E-state index in [4.69, 9.17) is 0 Å². The van der Waals surface area contributed by atoms with Crippen molar-refractivity contribution in [1.29, 1.82) is 0 Å². The van der Waals surface area contributed by atoms with Gasteiger partial charge in [0, 0.05) is 0 Å². The maximum absolute atomic E-state index is 15.5. The molecule has 5 aromatic carbocycles. The Balaban J connectivity index is 1.67. The lowest BCUT2D eigenvalue weighted by Gasteiger charge is -2.46. The fourth-order valence-electron chi connectivity index (χ4n) is 8.75. The van der Waals surface area contributed by atoms with Gasteiger partial charge in [0.25, 0.3) is 0 Å². The van der Waals surface area contributed by atoms with Crippen molar-refractivity contribution in [1.82, 2.24) is 0 Å². The molecule has 0 unspecified atom stereocenters. The van der Waals surface area contributed by atoms with Gasteiger partial charge in [-0.2, -0.15) is 0 Å². The van der Waals surface area contributed by atoms with Crippen molar-refractivity contribution in [3.63, 3.8) is 0 Å². The summed E-state index contributed by atoms with van der Waals surface area (Å²) in [4.78, 5) is 15.5. The van der Waals surface area contributed by atoms with E-state index >= 15 is 4.79 Å². The van der Waals surface area contributed by atoms with Crippen LogP contribution in [-0.4, -0.2) is 5.78 Å². The van der Waals surface area contributed by atoms with Gasteiger partial charge < -0.3 is 0 Å². The van der Waals surface area contributed by atoms with Gasteiger partial charge in [-0.25, -0.2) is 0 Å². The standard InChI is InChI=1S/C35H28O/c36-33-34(23-13-3-1-4-14-23)29-21-11-12-22-30(29)35(33,24-15-5-2-6-16-24)32-28-20-10-8-18-26(28)25-17-7-9-19-27(25)31(32)34/h1-10,13-20,29-30H,11-12,21-22H2/t29-,30+,34+,35-. The van der Waals surface area contributed by atoms with Gasteiger partial charge in [-0.05, 0) is 68.5 Å². The van der Waals surface area contributed by atoms with Crippen molar-refractivity contribution in [3.05, 3.63) is 131 Å². The maximum Gasteiger partial charge on any atom is 0.163 e. The molecule has 2 fully saturated rings. The van der Waals surface area contributed by atoms with E-state index in [1.807, 2.05) is 0 Å². The topological polar surface area (TPSA) is 17.1 Å². The molecule has 0 aromatic heterocycles. The third-order valence-corrected chi connectivity index (χ3v) is 9.77. The SMILES string of the molecule is O=C1[C@]2(c3ccccc3)c3c(c4ccccc4c4ccccc34)[C@@]1(c1ccccc1)[C@H]1CCCC[C@H]12. The molecule has 0 spiro atoms. The molecular formula is C35H28O. The Morgan fingerprint density at radius 3 is 1.25 bits per heavy atom. The second kappa shape index (κ2) is 7.17. The minimum absolute atomic E-state index is 0.318. The number of hydrogen-bond acceptors (Lipinski definition) is 1. The van der Waals surface area contributed by atoms with Gasteiger partial charge in [0.05, 0.1) is 10.8 Å². The zero-order chi connectivity index (χ0) is 23.9. The van der Waals surface area contributed by atoms with Crippen molar-refractivity contribution in [2.75, 3.05) is 0 Å². The summed E-state index contributed by atoms with van der Waals surface area (Å²) in [5.74, 6) is 1.05. The average Bonchev–Trinajstić information content (AvgIpc) is 3.34. The minimum Gasteiger partial charge on any atom is -0.297 e. The third kappa shape index (κ3) is 2.18. The normalized spacial score (nSPS) is 28.4. The van der Waals surface area contributed by atoms with Crippen molar-refractivity contribution in [2.45, 2.75) is 36.5 Å². The molecule has 36 heavy (non-hydrogen) atoms. The summed E-state index contributed by atoms with van der Waals surface area (Å²) in [7, 11) is 0. The molecular weight excluding hydrogens is 436 g/mol. The summed E-state index contributed by atoms with van der Waals surface area (Å²) in [5.41, 5.74) is 3.73. The molecule has 0 saturated heterocycles. The lowest BCUT2D eigenvalue weighted by atomic mass is 9.55. The molecule has 3 aliphatic carbocycles. The smallest absolute Gasteiger partial charge is 0.163 e. The second-order valence-electron chi connectivity index (χ2n) is 11.0. The summed E-state index contributed by atoms with van der Waals surface area (Å²) < 4.78 is 0. The molecule has 2 saturated carbocycles. The Labute approximate surface area is 211 Å². The second-order valence-corrected chi connectivity index (χ2v) is 11.0. The van der Waals surface area contributed by atoms with E-state index in [1.54, 1.807) is 0 Å². The molecule has 0 amide bonds. The van der Waals surface area contributed by atoms with Crippen LogP contribution in [0.5, 0.6) is 0 Å². The fourth-order valence-corrected chi connectivity index (χ4v) is 8.75. The number of ketones is 1. The number of benzene rings is 5. The van der Waals surface area contributed by atoms with Crippen LogP contribution in [0, 0.1) is 11.8 Å². The highest BCUT2D eigenvalue weighted by Gasteiger charge is 2.75. The number of carbonyl (C=O) groups is 1. The van der Waals surface area contributed by atoms with Crippen molar-refractivity contribution in [2.24, 2.45) is 11.8 Å². The van der Waals surface area contributed by atoms with Gasteiger partial charge in [0.2, 0.25) is 0 Å². The Bertz CT molecular complexity index is 1540. The highest BCUT2D eigenvalue weighted by atomic mass is 16.1. The lowest BCUT2D eigenvalue weighted by Crippen LogP contribution is -2.42. The number of hydrogen-bond donors (Lipinski definition) is 0. The molecule has 2 bridgehead atoms. The van der Waals surface area contributed by atoms with E-state index in [2.05, 4.69) is 109 Å². The van der Waals surface area contributed by atoms with E-state index in [9.17, 15) is 0 Å². The highest BCUT2D eigenvalue weighted by Crippen LogP contribution is 2.73. The predicted octanol–water partition coefficient (Wildman–Crippen LogP) is 7.97. The van der Waals surface area contributed by atoms with Gasteiger partial charge in [-0.15, -0.1) is 0 Å². The molecule has 0 radical (unpaired) electrons. The fraction of sp³-hybridized carbons (Fsp3) is 0.229. The monoisotopic (exact) mass is 464 g/mol. The maximum atomic E-state index is 15.5. The van der Waals surface area contributed by atoms with Crippen molar-refractivity contribution < 1.29 is 4.79 Å². The molecule has 5 aromatic rings. The van der Waals surface area contributed by atoms with Crippen LogP contribution in [0.3, 0.4) is 0 Å². The van der Waals surface area contributed by atoms with Gasteiger partial charge in [-0.1, -0.05) is 122 Å². The molecule has 0 aliphatic heterocycles. The highest BCUT2D eigenvalue weighted by molar-refractivity contribution is 6.23. The minimum atomic E-state index is -0.610. The van der Waals surface area contributed by atoms with Crippen LogP contribution >= 0.6 is 0 Å². The summed E-state index contributed by atoms with van der Waals surface area (Å²) in [6.45, 7) is 0. The lowest BCUT2D eigenvalue weighted by molar-refractivity contribution is -0.124. The Morgan fingerprint density at radius 1 is 0.472 bits per heavy atom. The van der Waals surface area contributed by atoms with Crippen LogP contribution in [0.1, 0.15) is 47.9 Å². The van der Waals surface area contributed by atoms with E-state index in [-0.39, 0.29) is 0 Å². The van der Waals surface area contributed by atoms with Crippen LogP contribution in [0.2, 0.25) is 0 Å². The first-order valence-electron chi connectivity index (χ1n) is 13.4. The number of Topliss-reactive ketones (excluding diaryl/α,β-unsaturated/α-hetero) is 1. The molecule has 4 atom stereocenters. The largest absolute Gasteiger partial charge is 0.297 e. The van der Waals surface area contributed by atoms with Crippen molar-refractivity contribution in [3.8, 4) is 0 Å². The first-order valence-corrected chi connectivity index (χ1v) is 13.4. The quantitative estimate of drug-likeness (QED) is 0.242. The molecule has 1 heteroatoms. The van der Waals surface area contributed by atoms with Crippen LogP contribution in [0.4, 0.5) is 0 Å². The zero-order valence-corrected chi connectivity index (χ0v) is 20.3. The van der Waals surface area contributed by atoms with E-state index < -0.39 is 10.8 Å². The van der Waals surface area contributed by atoms with E-state index in [0.29, 0.717) is 17.6 Å². The molecule has 174 valence electrons. The Morgan fingerprint density at radius 2 is 0.833 bits per heavy atom. The van der Waals surface area contributed by atoms with Crippen LogP contribution < -0.4 is 0 Å². The Hall–Kier alpha value is -3.71. The first kappa shape index (κ1) is 20.5. The van der Waals surface area contributed by atoms with Gasteiger partial charge >= 0.3 is 0 Å². The first-order chi connectivity index (χ1) is 17.8. The van der Waals surface area contributed by atoms with Gasteiger partial charge in [-0.3, -0.25) is 4.79 Å². The molecule has 1 nitrogen and oxygen atoms in total. The van der Waals surface area contributed by atoms with Crippen LogP contribution in [0.15, 0.2) is 109 Å². The Kier molecular flexibility index (Phi) is 4.08. The summed E-state index contributed by atoms with van der Waals surface area (Å²) in [6.07, 6.45) is 4.63. The van der Waals surface area contributed by atoms with Gasteiger partial charge in [0.1, 0.15) is 0 Å². The molecule has 8 rings (SSSR count). The van der Waals surface area contributed by atoms with Crippen LogP contribution in [0.25, 0.3) is 21.5 Å². The molecule has 0 N–H and O–H groups in total. The predicted molar refractivity (Wildman–Crippen MR) is 146 cm³/mol. The number of rotatable bonds is 2. The molecule has 0 heterocycles. The summed E-state index contributed by atoms with van der Waals surface area (Å²) >= 11 is 0. The number of carbonyl (C=O) groups excluding carboxylic acids is 1.